The Hall–Kier alpha value is -0.790. The van der Waals surface area contributed by atoms with E-state index in [1.165, 1.54) is 6.07 Å². The van der Waals surface area contributed by atoms with E-state index in [1.54, 1.807) is 12.1 Å². The van der Waals surface area contributed by atoms with Crippen molar-refractivity contribution in [1.82, 2.24) is 5.32 Å². The summed E-state index contributed by atoms with van der Waals surface area (Å²) >= 11 is 3.09. The van der Waals surface area contributed by atoms with E-state index in [4.69, 9.17) is 4.74 Å². The lowest BCUT2D eigenvalue weighted by Crippen LogP contribution is -2.20. The highest BCUT2D eigenvalue weighted by atomic mass is 79.9. The summed E-state index contributed by atoms with van der Waals surface area (Å²) in [4.78, 5) is 0. The van der Waals surface area contributed by atoms with Crippen LogP contribution in [-0.4, -0.2) is 25.6 Å². The monoisotopic (exact) mass is 367 g/mol. The number of hydrogen-bond acceptors (Lipinski definition) is 3. The van der Waals surface area contributed by atoms with Gasteiger partial charge in [0.15, 0.2) is 0 Å². The molecule has 1 N–H and O–H groups in total. The van der Waals surface area contributed by atoms with Gasteiger partial charge in [-0.05, 0) is 59.4 Å². The Bertz CT molecular complexity index is 462. The highest BCUT2D eigenvalue weighted by molar-refractivity contribution is 9.10. The molecule has 0 radical (unpaired) electrons. The average Bonchev–Trinajstić information content (AvgIpc) is 2.89. The molecule has 1 aliphatic rings. The zero-order valence-electron chi connectivity index (χ0n) is 11.4. The molecule has 0 aliphatic carbocycles. The van der Waals surface area contributed by atoms with Crippen molar-refractivity contribution in [3.63, 3.8) is 0 Å². The van der Waals surface area contributed by atoms with Gasteiger partial charge < -0.3 is 14.8 Å². The number of alkyl halides is 3. The van der Waals surface area contributed by atoms with E-state index in [9.17, 15) is 13.2 Å². The van der Waals surface area contributed by atoms with Crippen LogP contribution in [0.15, 0.2) is 22.7 Å². The van der Waals surface area contributed by atoms with Crippen molar-refractivity contribution in [2.45, 2.75) is 38.3 Å². The van der Waals surface area contributed by atoms with Crippen LogP contribution < -0.4 is 10.1 Å². The minimum atomic E-state index is -4.68. The number of rotatable bonds is 6. The summed E-state index contributed by atoms with van der Waals surface area (Å²) in [6, 6.07) is 4.56. The molecule has 0 saturated carbocycles. The fourth-order valence-electron chi connectivity index (χ4n) is 2.23. The van der Waals surface area contributed by atoms with Crippen LogP contribution >= 0.6 is 15.9 Å². The van der Waals surface area contributed by atoms with E-state index in [0.717, 1.165) is 38.0 Å². The first-order chi connectivity index (χ1) is 9.94. The molecule has 1 aromatic rings. The van der Waals surface area contributed by atoms with Gasteiger partial charge >= 0.3 is 6.36 Å². The number of benzene rings is 1. The molecule has 1 saturated heterocycles. The van der Waals surface area contributed by atoms with Crippen LogP contribution in [0.2, 0.25) is 0 Å². The fraction of sp³-hybridized carbons (Fsp3) is 0.571. The van der Waals surface area contributed by atoms with Crippen LogP contribution in [0.1, 0.15) is 24.8 Å². The van der Waals surface area contributed by atoms with Gasteiger partial charge in [0.2, 0.25) is 0 Å². The van der Waals surface area contributed by atoms with Gasteiger partial charge in [-0.25, -0.2) is 0 Å². The molecule has 7 heteroatoms. The third-order valence-corrected chi connectivity index (χ3v) is 3.84. The largest absolute Gasteiger partial charge is 0.573 e. The Kier molecular flexibility index (Phi) is 5.89. The van der Waals surface area contributed by atoms with E-state index in [2.05, 4.69) is 26.0 Å². The standard InChI is InChI=1S/C14H17BrF3NO2/c15-12-8-10(3-4-13(12)21-14(16,17)18)9-19-6-5-11-2-1-7-20-11/h3-4,8,11,19H,1-2,5-7,9H2. The predicted octanol–water partition coefficient (Wildman–Crippen LogP) is 4.01. The van der Waals surface area contributed by atoms with Crippen LogP contribution in [0.4, 0.5) is 13.2 Å². The highest BCUT2D eigenvalue weighted by Crippen LogP contribution is 2.31. The highest BCUT2D eigenvalue weighted by Gasteiger charge is 2.31. The van der Waals surface area contributed by atoms with Crippen LogP contribution in [-0.2, 0) is 11.3 Å². The second-order valence-electron chi connectivity index (χ2n) is 4.91. The fourth-order valence-corrected chi connectivity index (χ4v) is 2.74. The average molecular weight is 368 g/mol. The van der Waals surface area contributed by atoms with Gasteiger partial charge in [-0.15, -0.1) is 13.2 Å². The Balaban J connectivity index is 1.77. The molecule has 1 heterocycles. The van der Waals surface area contributed by atoms with Gasteiger partial charge in [-0.3, -0.25) is 0 Å². The number of nitrogens with one attached hydrogen (secondary N) is 1. The molecule has 0 spiro atoms. The molecular weight excluding hydrogens is 351 g/mol. The number of halogens is 4. The smallest absolute Gasteiger partial charge is 0.405 e. The zero-order chi connectivity index (χ0) is 15.3. The van der Waals surface area contributed by atoms with E-state index in [1.807, 2.05) is 0 Å². The summed E-state index contributed by atoms with van der Waals surface area (Å²) in [5.41, 5.74) is 0.892. The normalized spacial score (nSPS) is 19.0. The minimum absolute atomic E-state index is 0.231. The lowest BCUT2D eigenvalue weighted by molar-refractivity contribution is -0.274. The third kappa shape index (κ3) is 5.84. The molecule has 0 amide bonds. The first kappa shape index (κ1) is 16.6. The minimum Gasteiger partial charge on any atom is -0.405 e. The molecule has 21 heavy (non-hydrogen) atoms. The molecular formula is C14H17BrF3NO2. The van der Waals surface area contributed by atoms with E-state index < -0.39 is 6.36 Å². The first-order valence-electron chi connectivity index (χ1n) is 6.80. The lowest BCUT2D eigenvalue weighted by Gasteiger charge is -2.12. The van der Waals surface area contributed by atoms with Crippen LogP contribution in [0.5, 0.6) is 5.75 Å². The Morgan fingerprint density at radius 2 is 2.19 bits per heavy atom. The summed E-state index contributed by atoms with van der Waals surface area (Å²) in [5, 5.41) is 3.26. The quantitative estimate of drug-likeness (QED) is 0.770. The molecule has 1 atom stereocenters. The Morgan fingerprint density at radius 1 is 1.38 bits per heavy atom. The van der Waals surface area contributed by atoms with E-state index >= 15 is 0 Å². The molecule has 1 fully saturated rings. The van der Waals surface area contributed by atoms with Gasteiger partial charge in [0.1, 0.15) is 5.75 Å². The van der Waals surface area contributed by atoms with Crippen molar-refractivity contribution in [2.75, 3.05) is 13.2 Å². The second-order valence-corrected chi connectivity index (χ2v) is 5.77. The van der Waals surface area contributed by atoms with Crippen molar-refractivity contribution in [1.29, 1.82) is 0 Å². The van der Waals surface area contributed by atoms with Crippen LogP contribution in [0.3, 0.4) is 0 Å². The van der Waals surface area contributed by atoms with Crippen molar-refractivity contribution in [2.24, 2.45) is 0 Å². The molecule has 0 bridgehead atoms. The van der Waals surface area contributed by atoms with Crippen molar-refractivity contribution < 1.29 is 22.6 Å². The molecule has 0 aromatic heterocycles. The summed E-state index contributed by atoms with van der Waals surface area (Å²) in [6.45, 7) is 2.26. The van der Waals surface area contributed by atoms with Crippen molar-refractivity contribution in [3.05, 3.63) is 28.2 Å². The zero-order valence-corrected chi connectivity index (χ0v) is 13.0. The van der Waals surface area contributed by atoms with Gasteiger partial charge in [-0.1, -0.05) is 6.07 Å². The van der Waals surface area contributed by atoms with E-state index in [0.29, 0.717) is 17.1 Å². The molecule has 1 unspecified atom stereocenters. The first-order valence-corrected chi connectivity index (χ1v) is 7.60. The molecule has 2 rings (SSSR count). The van der Waals surface area contributed by atoms with Gasteiger partial charge in [0, 0.05) is 13.2 Å². The van der Waals surface area contributed by atoms with Gasteiger partial charge in [0.25, 0.3) is 0 Å². The molecule has 1 aromatic carbocycles. The molecule has 1 aliphatic heterocycles. The Morgan fingerprint density at radius 3 is 2.81 bits per heavy atom. The number of ether oxygens (including phenoxy) is 2. The van der Waals surface area contributed by atoms with Gasteiger partial charge in [0.05, 0.1) is 10.6 Å². The van der Waals surface area contributed by atoms with Crippen molar-refractivity contribution >= 4 is 15.9 Å². The molecule has 118 valence electrons. The summed E-state index contributed by atoms with van der Waals surface area (Å²) in [6.07, 6.45) is -1.15. The molecule has 3 nitrogen and oxygen atoms in total. The van der Waals surface area contributed by atoms with Crippen LogP contribution in [0.25, 0.3) is 0 Å². The topological polar surface area (TPSA) is 30.5 Å². The summed E-state index contributed by atoms with van der Waals surface area (Å²) in [7, 11) is 0. The second kappa shape index (κ2) is 7.47. The maximum Gasteiger partial charge on any atom is 0.573 e. The van der Waals surface area contributed by atoms with Gasteiger partial charge in [-0.2, -0.15) is 0 Å². The third-order valence-electron chi connectivity index (χ3n) is 3.22. The number of hydrogen-bond donors (Lipinski definition) is 1. The van der Waals surface area contributed by atoms with E-state index in [-0.39, 0.29) is 5.75 Å². The maximum atomic E-state index is 12.2. The van der Waals surface area contributed by atoms with Crippen LogP contribution in [0, 0.1) is 0 Å². The summed E-state index contributed by atoms with van der Waals surface area (Å²) in [5.74, 6) is -0.231. The lowest BCUT2D eigenvalue weighted by atomic mass is 10.2. The maximum absolute atomic E-state index is 12.2. The Labute approximate surface area is 129 Å². The summed E-state index contributed by atoms with van der Waals surface area (Å²) < 4.78 is 46.2. The predicted molar refractivity (Wildman–Crippen MR) is 76.1 cm³/mol. The SMILES string of the molecule is FC(F)(F)Oc1ccc(CNCCC2CCCO2)cc1Br. The van der Waals surface area contributed by atoms with Crippen molar-refractivity contribution in [3.8, 4) is 5.75 Å².